The monoisotopic (exact) mass is 390 g/mol. The number of hydrogen-bond acceptors (Lipinski definition) is 5. The summed E-state index contributed by atoms with van der Waals surface area (Å²) in [5.41, 5.74) is -2.87. The van der Waals surface area contributed by atoms with E-state index < -0.39 is 46.7 Å². The third kappa shape index (κ3) is 2.11. The largest absolute Gasteiger partial charge is 0.393 e. The van der Waals surface area contributed by atoms with Gasteiger partial charge in [-0.05, 0) is 56.1 Å². The fraction of sp³-hybridized carbons (Fsp3) is 0.636. The van der Waals surface area contributed by atoms with Crippen molar-refractivity contribution in [2.45, 2.75) is 51.2 Å². The van der Waals surface area contributed by atoms with Crippen molar-refractivity contribution >= 4 is 11.6 Å². The molecule has 5 nitrogen and oxygen atoms in total. The first-order valence-corrected chi connectivity index (χ1v) is 9.87. The van der Waals surface area contributed by atoms with E-state index >= 15 is 4.39 Å². The number of hydrogen-bond donors (Lipinski definition) is 3. The van der Waals surface area contributed by atoms with Gasteiger partial charge in [0.1, 0.15) is 12.4 Å². The van der Waals surface area contributed by atoms with E-state index in [1.807, 2.05) is 0 Å². The maximum absolute atomic E-state index is 15.1. The van der Waals surface area contributed by atoms with Crippen molar-refractivity contribution in [1.29, 1.82) is 0 Å². The molecule has 0 aromatic rings. The Bertz CT molecular complexity index is 844. The van der Waals surface area contributed by atoms with Gasteiger partial charge in [-0.3, -0.25) is 9.59 Å². The SMILES string of the molecule is C=C1C[C@H]2[C@@H]3CCC4=CC(=O)C=C(F)[C@]4(C)[C@H]3[C@@H](O)C[C@]2(C)[C@@]1(O)C(=O)CO. The summed E-state index contributed by atoms with van der Waals surface area (Å²) in [6.07, 6.45) is 3.20. The van der Waals surface area contributed by atoms with Crippen LogP contribution in [0.25, 0.3) is 0 Å². The second-order valence-corrected chi connectivity index (χ2v) is 9.39. The van der Waals surface area contributed by atoms with E-state index in [0.29, 0.717) is 30.4 Å². The number of aliphatic hydroxyl groups excluding tert-OH is 2. The lowest BCUT2D eigenvalue weighted by Crippen LogP contribution is -2.62. The second kappa shape index (κ2) is 5.94. The Morgan fingerprint density at radius 3 is 2.68 bits per heavy atom. The highest BCUT2D eigenvalue weighted by atomic mass is 19.1. The summed E-state index contributed by atoms with van der Waals surface area (Å²) in [6.45, 7) is 6.64. The van der Waals surface area contributed by atoms with Crippen molar-refractivity contribution in [3.05, 3.63) is 35.7 Å². The summed E-state index contributed by atoms with van der Waals surface area (Å²) in [5, 5.41) is 31.9. The molecular weight excluding hydrogens is 363 g/mol. The molecule has 4 rings (SSSR count). The molecule has 4 aliphatic rings. The van der Waals surface area contributed by atoms with Crippen LogP contribution in [0.1, 0.15) is 39.5 Å². The van der Waals surface area contributed by atoms with E-state index in [1.165, 1.54) is 6.08 Å². The highest BCUT2D eigenvalue weighted by molar-refractivity contribution is 6.01. The van der Waals surface area contributed by atoms with Gasteiger partial charge in [-0.25, -0.2) is 4.39 Å². The van der Waals surface area contributed by atoms with Crippen LogP contribution in [-0.2, 0) is 9.59 Å². The van der Waals surface area contributed by atoms with Gasteiger partial charge in [0.25, 0.3) is 0 Å². The van der Waals surface area contributed by atoms with Crippen LogP contribution in [0.5, 0.6) is 0 Å². The number of rotatable bonds is 2. The highest BCUT2D eigenvalue weighted by Gasteiger charge is 2.70. The Kier molecular flexibility index (Phi) is 4.17. The number of fused-ring (bicyclic) bond motifs is 5. The Morgan fingerprint density at radius 2 is 2.04 bits per heavy atom. The van der Waals surface area contributed by atoms with Crippen molar-refractivity contribution in [2.75, 3.05) is 6.61 Å². The Hall–Kier alpha value is -1.63. The fourth-order valence-corrected chi connectivity index (χ4v) is 6.97. The van der Waals surface area contributed by atoms with Crippen LogP contribution in [0.2, 0.25) is 0 Å². The van der Waals surface area contributed by atoms with Gasteiger partial charge in [0.15, 0.2) is 17.2 Å². The van der Waals surface area contributed by atoms with Gasteiger partial charge >= 0.3 is 0 Å². The molecule has 0 radical (unpaired) electrons. The van der Waals surface area contributed by atoms with Gasteiger partial charge in [0, 0.05) is 22.8 Å². The second-order valence-electron chi connectivity index (χ2n) is 9.39. The molecule has 6 heteroatoms. The van der Waals surface area contributed by atoms with E-state index in [4.69, 9.17) is 0 Å². The number of carbonyl (C=O) groups is 2. The maximum atomic E-state index is 15.1. The van der Waals surface area contributed by atoms with Gasteiger partial charge in [0.05, 0.1) is 6.10 Å². The molecule has 7 atom stereocenters. The summed E-state index contributed by atoms with van der Waals surface area (Å²) >= 11 is 0. The zero-order chi connectivity index (χ0) is 20.6. The average Bonchev–Trinajstić information content (AvgIpc) is 2.83. The standard InChI is InChI=1S/C22H27FO5/c1-11-6-15-14-5-4-12-7-13(25)8-17(23)21(12,3)19(14)16(26)9-20(15,2)22(11,28)18(27)10-24/h7-8,14-16,19,24,26,28H,1,4-6,9-10H2,2-3H3/t14-,15-,16-,19+,20-,21+,22-/m0/s1. The summed E-state index contributed by atoms with van der Waals surface area (Å²) < 4.78 is 15.1. The predicted molar refractivity (Wildman–Crippen MR) is 99.6 cm³/mol. The minimum absolute atomic E-state index is 0.101. The van der Waals surface area contributed by atoms with Gasteiger partial charge in [0.2, 0.25) is 0 Å². The molecule has 0 aliphatic heterocycles. The van der Waals surface area contributed by atoms with Crippen LogP contribution < -0.4 is 0 Å². The van der Waals surface area contributed by atoms with E-state index in [-0.39, 0.29) is 24.0 Å². The van der Waals surface area contributed by atoms with E-state index in [9.17, 15) is 24.9 Å². The number of halogens is 1. The molecule has 3 fully saturated rings. The van der Waals surface area contributed by atoms with Crippen molar-refractivity contribution in [3.8, 4) is 0 Å². The van der Waals surface area contributed by atoms with Crippen LogP contribution in [0.15, 0.2) is 35.7 Å². The molecule has 0 bridgehead atoms. The molecule has 0 amide bonds. The van der Waals surface area contributed by atoms with Gasteiger partial charge in [-0.15, -0.1) is 0 Å². The highest BCUT2D eigenvalue weighted by Crippen LogP contribution is 2.68. The molecular formula is C22H27FO5. The van der Waals surface area contributed by atoms with E-state index in [0.717, 1.165) is 6.08 Å². The van der Waals surface area contributed by atoms with Crippen molar-refractivity contribution in [2.24, 2.45) is 28.6 Å². The van der Waals surface area contributed by atoms with Crippen molar-refractivity contribution in [1.82, 2.24) is 0 Å². The summed E-state index contributed by atoms with van der Waals surface area (Å²) in [4.78, 5) is 24.3. The normalized spacial score (nSPS) is 47.6. The molecule has 0 unspecified atom stereocenters. The predicted octanol–water partition coefficient (Wildman–Crippen LogP) is 2.02. The molecule has 0 saturated heterocycles. The molecule has 3 N–H and O–H groups in total. The molecule has 4 aliphatic carbocycles. The van der Waals surface area contributed by atoms with Gasteiger partial charge < -0.3 is 15.3 Å². The summed E-state index contributed by atoms with van der Waals surface area (Å²) in [5.74, 6) is -2.35. The number of ketones is 2. The lowest BCUT2D eigenvalue weighted by Gasteiger charge is -2.59. The summed E-state index contributed by atoms with van der Waals surface area (Å²) in [7, 11) is 0. The third-order valence-electron chi connectivity index (χ3n) is 8.36. The Balaban J connectivity index is 1.81. The first-order valence-electron chi connectivity index (χ1n) is 9.87. The molecule has 0 aromatic carbocycles. The maximum Gasteiger partial charge on any atom is 0.194 e. The smallest absolute Gasteiger partial charge is 0.194 e. The van der Waals surface area contributed by atoms with Crippen LogP contribution in [0, 0.1) is 28.6 Å². The minimum Gasteiger partial charge on any atom is -0.393 e. The van der Waals surface area contributed by atoms with Crippen LogP contribution in [-0.4, -0.2) is 45.2 Å². The minimum atomic E-state index is -1.90. The van der Waals surface area contributed by atoms with Crippen LogP contribution in [0.3, 0.4) is 0 Å². The lowest BCUT2D eigenvalue weighted by molar-refractivity contribution is -0.175. The fourth-order valence-electron chi connectivity index (χ4n) is 6.97. The topological polar surface area (TPSA) is 94.8 Å². The molecule has 28 heavy (non-hydrogen) atoms. The molecule has 0 spiro atoms. The van der Waals surface area contributed by atoms with Crippen molar-refractivity contribution in [3.63, 3.8) is 0 Å². The Labute approximate surface area is 163 Å². The first kappa shape index (κ1) is 19.7. The van der Waals surface area contributed by atoms with Crippen molar-refractivity contribution < 1.29 is 29.3 Å². The zero-order valence-corrected chi connectivity index (χ0v) is 16.2. The zero-order valence-electron chi connectivity index (χ0n) is 16.2. The number of carbonyl (C=O) groups excluding carboxylic acids is 2. The van der Waals surface area contributed by atoms with Crippen LogP contribution in [0.4, 0.5) is 4.39 Å². The van der Waals surface area contributed by atoms with Gasteiger partial charge in [-0.2, -0.15) is 0 Å². The van der Waals surface area contributed by atoms with E-state index in [1.54, 1.807) is 13.8 Å². The van der Waals surface area contributed by atoms with E-state index in [2.05, 4.69) is 6.58 Å². The van der Waals surface area contributed by atoms with Gasteiger partial charge in [-0.1, -0.05) is 19.1 Å². The lowest BCUT2D eigenvalue weighted by atomic mass is 9.46. The third-order valence-corrected chi connectivity index (χ3v) is 8.36. The number of allylic oxidation sites excluding steroid dienone is 4. The number of Topliss-reactive ketones (excluding diaryl/α,β-unsaturated/α-hetero) is 1. The Morgan fingerprint density at radius 1 is 1.36 bits per heavy atom. The molecule has 3 saturated carbocycles. The molecule has 0 heterocycles. The quantitative estimate of drug-likeness (QED) is 0.627. The summed E-state index contributed by atoms with van der Waals surface area (Å²) in [6, 6.07) is 0. The average molecular weight is 390 g/mol. The number of aliphatic hydroxyl groups is 3. The molecule has 0 aromatic heterocycles. The molecule has 152 valence electrons. The first-order chi connectivity index (χ1) is 13.0. The van der Waals surface area contributed by atoms with Crippen LogP contribution >= 0.6 is 0 Å².